The molecule has 5 nitrogen and oxygen atoms in total. The molecule has 0 unspecified atom stereocenters. The van der Waals surface area contributed by atoms with Crippen LogP contribution in [0.1, 0.15) is 24.0 Å². The Labute approximate surface area is 165 Å². The zero-order chi connectivity index (χ0) is 20.1. The Morgan fingerprint density at radius 3 is 2.39 bits per heavy atom. The first kappa shape index (κ1) is 20.0. The zero-order valence-electron chi connectivity index (χ0n) is 16.3. The molecule has 1 aliphatic carbocycles. The molecule has 1 N–H and O–H groups in total. The standard InChI is InChI=1S/C22H26FN3O2/c1-16-7-9-18(10-8-16)24-21(27)14-25(2)22(28)15-26(19-11-12-19)13-17-5-3-4-6-20(17)23/h3-10,19H,11-15H2,1-2H3,(H,24,27). The molecule has 1 aliphatic rings. The number of amides is 2. The van der Waals surface area contributed by atoms with Crippen molar-refractivity contribution in [2.24, 2.45) is 0 Å². The maximum Gasteiger partial charge on any atom is 0.243 e. The number of likely N-dealkylation sites (N-methyl/N-ethyl adjacent to an activating group) is 1. The molecule has 2 aromatic carbocycles. The maximum absolute atomic E-state index is 14.0. The van der Waals surface area contributed by atoms with E-state index in [0.717, 1.165) is 18.4 Å². The van der Waals surface area contributed by atoms with E-state index in [1.54, 1.807) is 25.2 Å². The number of carbonyl (C=O) groups is 2. The minimum atomic E-state index is -0.258. The van der Waals surface area contributed by atoms with Crippen LogP contribution in [0.3, 0.4) is 0 Å². The van der Waals surface area contributed by atoms with E-state index in [1.807, 2.05) is 36.1 Å². The number of carbonyl (C=O) groups excluding carboxylic acids is 2. The number of nitrogens with one attached hydrogen (secondary N) is 1. The molecule has 1 saturated carbocycles. The lowest BCUT2D eigenvalue weighted by molar-refractivity contribution is -0.134. The Morgan fingerprint density at radius 2 is 1.75 bits per heavy atom. The number of halogens is 1. The highest BCUT2D eigenvalue weighted by Crippen LogP contribution is 2.28. The Kier molecular flexibility index (Phi) is 6.41. The fourth-order valence-corrected chi connectivity index (χ4v) is 3.03. The highest BCUT2D eigenvalue weighted by atomic mass is 19.1. The Bertz CT molecular complexity index is 834. The summed E-state index contributed by atoms with van der Waals surface area (Å²) >= 11 is 0. The smallest absolute Gasteiger partial charge is 0.243 e. The fourth-order valence-electron chi connectivity index (χ4n) is 3.03. The van der Waals surface area contributed by atoms with Gasteiger partial charge in [-0.15, -0.1) is 0 Å². The number of rotatable bonds is 8. The zero-order valence-corrected chi connectivity index (χ0v) is 16.3. The van der Waals surface area contributed by atoms with Gasteiger partial charge in [0.25, 0.3) is 0 Å². The highest BCUT2D eigenvalue weighted by Gasteiger charge is 2.31. The van der Waals surface area contributed by atoms with E-state index in [0.29, 0.717) is 23.8 Å². The van der Waals surface area contributed by atoms with Crippen LogP contribution in [-0.4, -0.2) is 47.8 Å². The molecule has 28 heavy (non-hydrogen) atoms. The highest BCUT2D eigenvalue weighted by molar-refractivity contribution is 5.94. The van der Waals surface area contributed by atoms with Crippen molar-refractivity contribution in [2.75, 3.05) is 25.5 Å². The lowest BCUT2D eigenvalue weighted by Crippen LogP contribution is -2.42. The van der Waals surface area contributed by atoms with Gasteiger partial charge in [0, 0.05) is 30.9 Å². The second-order valence-corrected chi connectivity index (χ2v) is 7.39. The van der Waals surface area contributed by atoms with Crippen LogP contribution in [0, 0.1) is 12.7 Å². The van der Waals surface area contributed by atoms with Gasteiger partial charge in [0.1, 0.15) is 5.82 Å². The molecule has 2 amide bonds. The molecular weight excluding hydrogens is 357 g/mol. The summed E-state index contributed by atoms with van der Waals surface area (Å²) in [6.07, 6.45) is 2.03. The number of anilines is 1. The van der Waals surface area contributed by atoms with Crippen molar-refractivity contribution in [1.29, 1.82) is 0 Å². The Balaban J connectivity index is 1.53. The van der Waals surface area contributed by atoms with E-state index >= 15 is 0 Å². The number of aryl methyl sites for hydroxylation is 1. The number of nitrogens with zero attached hydrogens (tertiary/aromatic N) is 2. The number of hydrogen-bond donors (Lipinski definition) is 1. The topological polar surface area (TPSA) is 52.7 Å². The van der Waals surface area contributed by atoms with E-state index in [4.69, 9.17) is 0 Å². The fraction of sp³-hybridized carbons (Fsp3) is 0.364. The van der Waals surface area contributed by atoms with Gasteiger partial charge in [0.15, 0.2) is 0 Å². The van der Waals surface area contributed by atoms with E-state index < -0.39 is 0 Å². The second-order valence-electron chi connectivity index (χ2n) is 7.39. The third kappa shape index (κ3) is 5.63. The van der Waals surface area contributed by atoms with Gasteiger partial charge in [-0.1, -0.05) is 35.9 Å². The van der Waals surface area contributed by atoms with Crippen molar-refractivity contribution >= 4 is 17.5 Å². The number of hydrogen-bond acceptors (Lipinski definition) is 3. The van der Waals surface area contributed by atoms with Crippen LogP contribution in [0.15, 0.2) is 48.5 Å². The molecule has 3 rings (SSSR count). The average Bonchev–Trinajstić information content (AvgIpc) is 3.50. The average molecular weight is 383 g/mol. The van der Waals surface area contributed by atoms with Crippen LogP contribution in [0.4, 0.5) is 10.1 Å². The van der Waals surface area contributed by atoms with Crippen LogP contribution in [0.25, 0.3) is 0 Å². The van der Waals surface area contributed by atoms with Gasteiger partial charge >= 0.3 is 0 Å². The lowest BCUT2D eigenvalue weighted by Gasteiger charge is -2.25. The molecule has 0 aliphatic heterocycles. The van der Waals surface area contributed by atoms with Crippen molar-refractivity contribution in [3.8, 4) is 0 Å². The van der Waals surface area contributed by atoms with Gasteiger partial charge < -0.3 is 10.2 Å². The summed E-state index contributed by atoms with van der Waals surface area (Å²) in [5.74, 6) is -0.652. The van der Waals surface area contributed by atoms with Gasteiger partial charge in [-0.25, -0.2) is 4.39 Å². The molecular formula is C22H26FN3O2. The van der Waals surface area contributed by atoms with Crippen molar-refractivity contribution in [3.05, 3.63) is 65.5 Å². The molecule has 0 bridgehead atoms. The molecule has 0 spiro atoms. The summed E-state index contributed by atoms with van der Waals surface area (Å²) in [4.78, 5) is 28.2. The van der Waals surface area contributed by atoms with Crippen LogP contribution in [-0.2, 0) is 16.1 Å². The van der Waals surface area contributed by atoms with E-state index in [2.05, 4.69) is 5.32 Å². The van der Waals surface area contributed by atoms with Gasteiger partial charge in [-0.05, 0) is 38.0 Å². The maximum atomic E-state index is 14.0. The third-order valence-corrected chi connectivity index (χ3v) is 4.87. The van der Waals surface area contributed by atoms with Crippen molar-refractivity contribution in [1.82, 2.24) is 9.80 Å². The first-order valence-electron chi connectivity index (χ1n) is 9.50. The summed E-state index contributed by atoms with van der Waals surface area (Å²) in [7, 11) is 1.62. The largest absolute Gasteiger partial charge is 0.335 e. The summed E-state index contributed by atoms with van der Waals surface area (Å²) in [6.45, 7) is 2.52. The summed E-state index contributed by atoms with van der Waals surface area (Å²) in [5.41, 5.74) is 2.40. The summed E-state index contributed by atoms with van der Waals surface area (Å²) in [5, 5.41) is 2.79. The van der Waals surface area contributed by atoms with E-state index in [9.17, 15) is 14.0 Å². The first-order chi connectivity index (χ1) is 13.4. The predicted molar refractivity (Wildman–Crippen MR) is 107 cm³/mol. The van der Waals surface area contributed by atoms with Crippen molar-refractivity contribution in [2.45, 2.75) is 32.4 Å². The monoisotopic (exact) mass is 383 g/mol. The molecule has 0 atom stereocenters. The van der Waals surface area contributed by atoms with E-state index in [1.165, 1.54) is 11.0 Å². The molecule has 0 saturated heterocycles. The summed E-state index contributed by atoms with van der Waals surface area (Å²) in [6, 6.07) is 14.4. The minimum Gasteiger partial charge on any atom is -0.335 e. The van der Waals surface area contributed by atoms with Gasteiger partial charge in [-0.2, -0.15) is 0 Å². The Morgan fingerprint density at radius 1 is 1.07 bits per heavy atom. The van der Waals surface area contributed by atoms with Gasteiger partial charge in [0.2, 0.25) is 11.8 Å². The molecule has 0 radical (unpaired) electrons. The first-order valence-corrected chi connectivity index (χ1v) is 9.50. The predicted octanol–water partition coefficient (Wildman–Crippen LogP) is 3.20. The molecule has 0 heterocycles. The number of benzene rings is 2. The molecule has 0 aromatic heterocycles. The normalized spacial score (nSPS) is 13.4. The molecule has 2 aromatic rings. The second kappa shape index (κ2) is 8.97. The molecule has 6 heteroatoms. The third-order valence-electron chi connectivity index (χ3n) is 4.87. The quantitative estimate of drug-likeness (QED) is 0.762. The summed E-state index contributed by atoms with van der Waals surface area (Å²) < 4.78 is 14.0. The van der Waals surface area contributed by atoms with Gasteiger partial charge in [0.05, 0.1) is 13.1 Å². The van der Waals surface area contributed by atoms with Crippen LogP contribution >= 0.6 is 0 Å². The SMILES string of the molecule is Cc1ccc(NC(=O)CN(C)C(=O)CN(Cc2ccccc2F)C2CC2)cc1. The Hall–Kier alpha value is -2.73. The molecule has 148 valence electrons. The van der Waals surface area contributed by atoms with Crippen LogP contribution in [0.2, 0.25) is 0 Å². The van der Waals surface area contributed by atoms with Crippen LogP contribution in [0.5, 0.6) is 0 Å². The van der Waals surface area contributed by atoms with E-state index in [-0.39, 0.29) is 30.7 Å². The van der Waals surface area contributed by atoms with Crippen LogP contribution < -0.4 is 5.32 Å². The lowest BCUT2D eigenvalue weighted by atomic mass is 10.2. The minimum absolute atomic E-state index is 0.0229. The van der Waals surface area contributed by atoms with Gasteiger partial charge in [-0.3, -0.25) is 14.5 Å². The van der Waals surface area contributed by atoms with Crippen molar-refractivity contribution in [3.63, 3.8) is 0 Å². The molecule has 1 fully saturated rings. The van der Waals surface area contributed by atoms with Crippen molar-refractivity contribution < 1.29 is 14.0 Å².